The van der Waals surface area contributed by atoms with Gasteiger partial charge in [0.05, 0.1) is 7.11 Å². The summed E-state index contributed by atoms with van der Waals surface area (Å²) in [6.45, 7) is 0.189. The van der Waals surface area contributed by atoms with E-state index in [4.69, 9.17) is 9.94 Å². The highest BCUT2D eigenvalue weighted by Gasteiger charge is 2.09. The zero-order chi connectivity index (χ0) is 9.84. The van der Waals surface area contributed by atoms with Crippen molar-refractivity contribution in [1.29, 1.82) is 0 Å². The summed E-state index contributed by atoms with van der Waals surface area (Å²) in [6, 6.07) is 3.37. The molecule has 0 amide bonds. The molecule has 13 heavy (non-hydrogen) atoms. The van der Waals surface area contributed by atoms with Crippen molar-refractivity contribution in [3.63, 3.8) is 0 Å². The van der Waals surface area contributed by atoms with E-state index in [0.717, 1.165) is 0 Å². The lowest BCUT2D eigenvalue weighted by Crippen LogP contribution is -2.06. The third-order valence-corrected chi connectivity index (χ3v) is 2.42. The van der Waals surface area contributed by atoms with Gasteiger partial charge in [-0.3, -0.25) is 0 Å². The second kappa shape index (κ2) is 4.45. The zero-order valence-electron chi connectivity index (χ0n) is 7.04. The summed E-state index contributed by atoms with van der Waals surface area (Å²) in [6.07, 6.45) is 0. The van der Waals surface area contributed by atoms with E-state index in [-0.39, 0.29) is 12.3 Å². The lowest BCUT2D eigenvalue weighted by molar-refractivity contribution is 0.160. The Morgan fingerprint density at radius 1 is 1.54 bits per heavy atom. The first-order valence-electron chi connectivity index (χ1n) is 3.62. The van der Waals surface area contributed by atoms with Gasteiger partial charge in [0, 0.05) is 12.1 Å². The highest BCUT2D eigenvalue weighted by Crippen LogP contribution is 2.35. The summed E-state index contributed by atoms with van der Waals surface area (Å²) < 4.78 is 5.46. The SMILES string of the molecule is COc1ccc(CNO)c(O)c1Br. The number of hydrogen-bond donors (Lipinski definition) is 3. The van der Waals surface area contributed by atoms with Crippen LogP contribution in [0.25, 0.3) is 0 Å². The van der Waals surface area contributed by atoms with Gasteiger partial charge in [-0.05, 0) is 22.0 Å². The number of aromatic hydroxyl groups is 1. The second-order valence-electron chi connectivity index (χ2n) is 2.42. The average Bonchev–Trinajstić information content (AvgIpc) is 2.14. The number of hydrogen-bond acceptors (Lipinski definition) is 4. The van der Waals surface area contributed by atoms with Gasteiger partial charge in [-0.2, -0.15) is 0 Å². The molecule has 0 aromatic heterocycles. The van der Waals surface area contributed by atoms with E-state index in [1.165, 1.54) is 7.11 Å². The van der Waals surface area contributed by atoms with Crippen LogP contribution in [0.3, 0.4) is 0 Å². The molecule has 0 saturated heterocycles. The topological polar surface area (TPSA) is 61.7 Å². The minimum absolute atomic E-state index is 0.0703. The molecule has 1 aromatic carbocycles. The Bertz CT molecular complexity index is 304. The van der Waals surface area contributed by atoms with Crippen LogP contribution in [-0.4, -0.2) is 17.4 Å². The third-order valence-electron chi connectivity index (χ3n) is 1.65. The second-order valence-corrected chi connectivity index (χ2v) is 3.22. The number of halogens is 1. The Labute approximate surface area is 84.2 Å². The largest absolute Gasteiger partial charge is 0.506 e. The summed E-state index contributed by atoms with van der Waals surface area (Å²) >= 11 is 3.18. The normalized spacial score (nSPS) is 10.1. The van der Waals surface area contributed by atoms with Gasteiger partial charge in [-0.1, -0.05) is 6.07 Å². The number of rotatable bonds is 3. The van der Waals surface area contributed by atoms with Crippen molar-refractivity contribution in [1.82, 2.24) is 5.48 Å². The molecule has 0 atom stereocenters. The lowest BCUT2D eigenvalue weighted by atomic mass is 10.2. The minimum atomic E-state index is 0.0703. The first kappa shape index (κ1) is 10.3. The van der Waals surface area contributed by atoms with Crippen molar-refractivity contribution >= 4 is 15.9 Å². The Morgan fingerprint density at radius 3 is 2.77 bits per heavy atom. The number of phenols is 1. The maximum Gasteiger partial charge on any atom is 0.138 e. The van der Waals surface area contributed by atoms with Gasteiger partial charge in [-0.15, -0.1) is 0 Å². The highest BCUT2D eigenvalue weighted by atomic mass is 79.9. The smallest absolute Gasteiger partial charge is 0.138 e. The molecule has 0 aliphatic rings. The monoisotopic (exact) mass is 247 g/mol. The molecule has 0 bridgehead atoms. The molecule has 0 spiro atoms. The molecular formula is C8H10BrNO3. The average molecular weight is 248 g/mol. The van der Waals surface area contributed by atoms with E-state index in [1.807, 2.05) is 5.48 Å². The van der Waals surface area contributed by atoms with Gasteiger partial charge in [0.1, 0.15) is 16.0 Å². The molecule has 3 N–H and O–H groups in total. The van der Waals surface area contributed by atoms with Gasteiger partial charge >= 0.3 is 0 Å². The van der Waals surface area contributed by atoms with Gasteiger partial charge in [0.2, 0.25) is 0 Å². The maximum atomic E-state index is 9.56. The number of benzene rings is 1. The van der Waals surface area contributed by atoms with Crippen LogP contribution < -0.4 is 10.2 Å². The highest BCUT2D eigenvalue weighted by molar-refractivity contribution is 9.10. The van der Waals surface area contributed by atoms with Crippen LogP contribution in [0.1, 0.15) is 5.56 Å². The molecule has 0 saturated carbocycles. The molecular weight excluding hydrogens is 238 g/mol. The van der Waals surface area contributed by atoms with Crippen LogP contribution in [0.2, 0.25) is 0 Å². The van der Waals surface area contributed by atoms with Gasteiger partial charge < -0.3 is 15.1 Å². The van der Waals surface area contributed by atoms with Gasteiger partial charge in [0.15, 0.2) is 0 Å². The van der Waals surface area contributed by atoms with Crippen LogP contribution in [0.4, 0.5) is 0 Å². The molecule has 0 aliphatic carbocycles. The lowest BCUT2D eigenvalue weighted by Gasteiger charge is -2.08. The zero-order valence-corrected chi connectivity index (χ0v) is 8.63. The van der Waals surface area contributed by atoms with E-state index in [9.17, 15) is 5.11 Å². The molecule has 72 valence electrons. The molecule has 4 nitrogen and oxygen atoms in total. The predicted molar refractivity (Wildman–Crippen MR) is 51.0 cm³/mol. The fraction of sp³-hybridized carbons (Fsp3) is 0.250. The van der Waals surface area contributed by atoms with Crippen LogP contribution >= 0.6 is 15.9 Å². The molecule has 0 heterocycles. The summed E-state index contributed by atoms with van der Waals surface area (Å²) in [7, 11) is 1.52. The van der Waals surface area contributed by atoms with E-state index < -0.39 is 0 Å². The number of nitrogens with one attached hydrogen (secondary N) is 1. The standard InChI is InChI=1S/C8H10BrNO3/c1-13-6-3-2-5(4-10-12)8(11)7(6)9/h2-3,10-12H,4H2,1H3. The Morgan fingerprint density at radius 2 is 2.23 bits per heavy atom. The van der Waals surface area contributed by atoms with E-state index in [1.54, 1.807) is 12.1 Å². The maximum absolute atomic E-state index is 9.56. The molecule has 0 radical (unpaired) electrons. The quantitative estimate of drug-likeness (QED) is 0.711. The third kappa shape index (κ3) is 2.12. The molecule has 0 unspecified atom stereocenters. The number of methoxy groups -OCH3 is 1. The summed E-state index contributed by atoms with van der Waals surface area (Å²) in [5, 5.41) is 18.0. The molecule has 0 aliphatic heterocycles. The predicted octanol–water partition coefficient (Wildman–Crippen LogP) is 1.64. The summed E-state index contributed by atoms with van der Waals surface area (Å²) in [5.74, 6) is 0.625. The number of ether oxygens (including phenoxy) is 1. The summed E-state index contributed by atoms with van der Waals surface area (Å²) in [4.78, 5) is 0. The molecule has 5 heteroatoms. The number of hydroxylamine groups is 1. The molecule has 1 aromatic rings. The summed E-state index contributed by atoms with van der Waals surface area (Å²) in [5.41, 5.74) is 2.56. The Kier molecular flexibility index (Phi) is 3.53. The van der Waals surface area contributed by atoms with Gasteiger partial charge in [0.25, 0.3) is 0 Å². The van der Waals surface area contributed by atoms with Crippen molar-refractivity contribution in [2.45, 2.75) is 6.54 Å². The van der Waals surface area contributed by atoms with Crippen molar-refractivity contribution < 1.29 is 15.1 Å². The Balaban J connectivity index is 3.07. The minimum Gasteiger partial charge on any atom is -0.506 e. The van der Waals surface area contributed by atoms with Gasteiger partial charge in [-0.25, -0.2) is 5.48 Å². The first-order valence-corrected chi connectivity index (χ1v) is 4.41. The van der Waals surface area contributed by atoms with Crippen LogP contribution in [0.15, 0.2) is 16.6 Å². The van der Waals surface area contributed by atoms with E-state index in [0.29, 0.717) is 15.8 Å². The number of phenolic OH excluding ortho intramolecular Hbond substituents is 1. The van der Waals surface area contributed by atoms with Crippen molar-refractivity contribution in [2.24, 2.45) is 0 Å². The molecule has 0 fully saturated rings. The van der Waals surface area contributed by atoms with Crippen LogP contribution in [-0.2, 0) is 6.54 Å². The molecule has 1 rings (SSSR count). The van der Waals surface area contributed by atoms with Crippen LogP contribution in [0.5, 0.6) is 11.5 Å². The Hall–Kier alpha value is -0.780. The van der Waals surface area contributed by atoms with Crippen molar-refractivity contribution in [3.05, 3.63) is 22.2 Å². The van der Waals surface area contributed by atoms with E-state index >= 15 is 0 Å². The van der Waals surface area contributed by atoms with E-state index in [2.05, 4.69) is 15.9 Å². The first-order chi connectivity index (χ1) is 6.20. The fourth-order valence-electron chi connectivity index (χ4n) is 0.972. The van der Waals surface area contributed by atoms with Crippen molar-refractivity contribution in [3.8, 4) is 11.5 Å². The van der Waals surface area contributed by atoms with Crippen LogP contribution in [0, 0.1) is 0 Å². The van der Waals surface area contributed by atoms with Crippen molar-refractivity contribution in [2.75, 3.05) is 7.11 Å². The fourth-order valence-corrected chi connectivity index (χ4v) is 1.52.